The van der Waals surface area contributed by atoms with E-state index < -0.39 is 6.09 Å². The Hall–Kier alpha value is -2.76. The fourth-order valence-electron chi connectivity index (χ4n) is 5.23. The van der Waals surface area contributed by atoms with Gasteiger partial charge in [-0.05, 0) is 62.4 Å². The van der Waals surface area contributed by atoms with Crippen LogP contribution in [-0.2, 0) is 4.74 Å². The van der Waals surface area contributed by atoms with Crippen molar-refractivity contribution < 1.29 is 14.3 Å². The Morgan fingerprint density at radius 1 is 1.09 bits per heavy atom. The van der Waals surface area contributed by atoms with Gasteiger partial charge in [-0.1, -0.05) is 60.0 Å². The lowest BCUT2D eigenvalue weighted by atomic mass is 9.77. The SMILES string of the molecule is CCOC(=O)NC1CC2(CCCCC2)Oc2nc(-c3ccccc3Cl)c(-c3ccc(Cl)cc3)cc21. The molecule has 1 amide bonds. The molecule has 1 atom stereocenters. The number of aromatic nitrogens is 1. The Balaban J connectivity index is 1.68. The van der Waals surface area contributed by atoms with Crippen LogP contribution in [0.3, 0.4) is 0 Å². The van der Waals surface area contributed by atoms with Gasteiger partial charge < -0.3 is 14.8 Å². The highest BCUT2D eigenvalue weighted by Crippen LogP contribution is 2.48. The van der Waals surface area contributed by atoms with Crippen LogP contribution in [-0.4, -0.2) is 23.3 Å². The first-order valence-corrected chi connectivity index (χ1v) is 12.9. The van der Waals surface area contributed by atoms with Crippen molar-refractivity contribution >= 4 is 29.3 Å². The van der Waals surface area contributed by atoms with E-state index in [0.717, 1.165) is 53.6 Å². The molecule has 1 unspecified atom stereocenters. The summed E-state index contributed by atoms with van der Waals surface area (Å²) < 4.78 is 11.9. The van der Waals surface area contributed by atoms with E-state index in [1.54, 1.807) is 6.92 Å². The third-order valence-electron chi connectivity index (χ3n) is 6.90. The number of pyridine rings is 1. The average Bonchev–Trinajstić information content (AvgIpc) is 2.85. The molecule has 1 N–H and O–H groups in total. The summed E-state index contributed by atoms with van der Waals surface area (Å²) in [7, 11) is 0. The van der Waals surface area contributed by atoms with Crippen LogP contribution in [0.1, 0.15) is 57.1 Å². The van der Waals surface area contributed by atoms with Gasteiger partial charge in [0.15, 0.2) is 0 Å². The van der Waals surface area contributed by atoms with Gasteiger partial charge >= 0.3 is 6.09 Å². The highest BCUT2D eigenvalue weighted by Gasteiger charge is 2.43. The van der Waals surface area contributed by atoms with E-state index in [2.05, 4.69) is 11.4 Å². The number of alkyl carbamates (subject to hydrolysis) is 1. The van der Waals surface area contributed by atoms with Gasteiger partial charge in [0.1, 0.15) is 5.60 Å². The van der Waals surface area contributed by atoms with Crippen LogP contribution in [0, 0.1) is 0 Å². The van der Waals surface area contributed by atoms with Crippen LogP contribution in [0.5, 0.6) is 5.88 Å². The number of carbonyl (C=O) groups excluding carboxylic acids is 1. The first-order chi connectivity index (χ1) is 17.0. The summed E-state index contributed by atoms with van der Waals surface area (Å²) in [5.74, 6) is 0.549. The van der Waals surface area contributed by atoms with Crippen molar-refractivity contribution in [3.8, 4) is 28.3 Å². The van der Waals surface area contributed by atoms with Gasteiger partial charge in [-0.2, -0.15) is 0 Å². The molecule has 1 aromatic heterocycles. The fourth-order valence-corrected chi connectivity index (χ4v) is 5.58. The molecule has 5 rings (SSSR count). The van der Waals surface area contributed by atoms with E-state index in [9.17, 15) is 4.79 Å². The minimum absolute atomic E-state index is 0.269. The van der Waals surface area contributed by atoms with E-state index in [-0.39, 0.29) is 11.6 Å². The summed E-state index contributed by atoms with van der Waals surface area (Å²) in [6.07, 6.45) is 5.53. The number of hydrogen-bond acceptors (Lipinski definition) is 4. The van der Waals surface area contributed by atoms with E-state index in [1.807, 2.05) is 48.5 Å². The summed E-state index contributed by atoms with van der Waals surface area (Å²) in [6, 6.07) is 17.1. The fraction of sp³-hybridized carbons (Fsp3) is 0.357. The van der Waals surface area contributed by atoms with Crippen molar-refractivity contribution in [1.82, 2.24) is 10.3 Å². The summed E-state index contributed by atoms with van der Waals surface area (Å²) in [6.45, 7) is 2.11. The lowest BCUT2D eigenvalue weighted by molar-refractivity contribution is -0.00676. The molecule has 1 spiro atoms. The highest BCUT2D eigenvalue weighted by atomic mass is 35.5. The maximum Gasteiger partial charge on any atom is 0.407 e. The lowest BCUT2D eigenvalue weighted by Crippen LogP contribution is -2.47. The Labute approximate surface area is 215 Å². The Morgan fingerprint density at radius 3 is 2.54 bits per heavy atom. The van der Waals surface area contributed by atoms with Crippen molar-refractivity contribution in [3.05, 3.63) is 70.2 Å². The molecule has 0 radical (unpaired) electrons. The Morgan fingerprint density at radius 2 is 1.83 bits per heavy atom. The molecule has 1 aliphatic heterocycles. The largest absolute Gasteiger partial charge is 0.471 e. The summed E-state index contributed by atoms with van der Waals surface area (Å²) in [5, 5.41) is 4.34. The number of nitrogens with one attached hydrogen (secondary N) is 1. The molecule has 1 saturated carbocycles. The molecule has 3 aromatic rings. The number of rotatable bonds is 4. The molecule has 1 fully saturated rings. The molecule has 0 bridgehead atoms. The van der Waals surface area contributed by atoms with Gasteiger partial charge in [-0.3, -0.25) is 0 Å². The second kappa shape index (κ2) is 10.1. The number of nitrogens with zero attached hydrogens (tertiary/aromatic N) is 1. The number of amides is 1. The van der Waals surface area contributed by atoms with Gasteiger partial charge in [-0.15, -0.1) is 0 Å². The van der Waals surface area contributed by atoms with Crippen LogP contribution in [0.15, 0.2) is 54.6 Å². The maximum absolute atomic E-state index is 12.5. The first-order valence-electron chi connectivity index (χ1n) is 12.2. The summed E-state index contributed by atoms with van der Waals surface area (Å²) in [5.41, 5.74) is 3.90. The molecular formula is C28H28Cl2N2O3. The van der Waals surface area contributed by atoms with Crippen LogP contribution in [0.25, 0.3) is 22.4 Å². The second-order valence-electron chi connectivity index (χ2n) is 9.23. The van der Waals surface area contributed by atoms with Gasteiger partial charge in [0.25, 0.3) is 0 Å². The molecule has 1 aliphatic carbocycles. The maximum atomic E-state index is 12.5. The van der Waals surface area contributed by atoms with E-state index >= 15 is 0 Å². The number of halogens is 2. The second-order valence-corrected chi connectivity index (χ2v) is 10.1. The Bertz CT molecular complexity index is 1220. The lowest BCUT2D eigenvalue weighted by Gasteiger charge is -2.44. The van der Waals surface area contributed by atoms with Crippen LogP contribution in [0.4, 0.5) is 4.79 Å². The van der Waals surface area contributed by atoms with E-state index in [4.69, 9.17) is 37.7 Å². The smallest absolute Gasteiger partial charge is 0.407 e. The minimum Gasteiger partial charge on any atom is -0.471 e. The van der Waals surface area contributed by atoms with Crippen LogP contribution in [0.2, 0.25) is 10.0 Å². The number of ether oxygens (including phenoxy) is 2. The standard InChI is InChI=1S/C28H28Cl2N2O3/c1-2-34-27(33)31-24-17-28(14-6-3-7-15-28)35-26-22(24)16-21(18-10-12-19(29)13-11-18)25(32-26)20-8-4-5-9-23(20)30/h4-5,8-13,16,24H,2-3,6-7,14-15,17H2,1H3,(H,31,33). The third kappa shape index (κ3) is 4.98. The molecule has 5 nitrogen and oxygen atoms in total. The number of hydrogen-bond donors (Lipinski definition) is 1. The Kier molecular flexibility index (Phi) is 6.90. The minimum atomic E-state index is -0.431. The number of fused-ring (bicyclic) bond motifs is 1. The van der Waals surface area contributed by atoms with Crippen molar-refractivity contribution in [1.29, 1.82) is 0 Å². The van der Waals surface area contributed by atoms with Gasteiger partial charge in [0.2, 0.25) is 5.88 Å². The normalized spacial score (nSPS) is 18.4. The summed E-state index contributed by atoms with van der Waals surface area (Å²) >= 11 is 12.8. The quantitative estimate of drug-likeness (QED) is 0.386. The highest BCUT2D eigenvalue weighted by molar-refractivity contribution is 6.33. The molecule has 35 heavy (non-hydrogen) atoms. The predicted molar refractivity (Wildman–Crippen MR) is 139 cm³/mol. The van der Waals surface area contributed by atoms with Gasteiger partial charge in [0.05, 0.1) is 18.3 Å². The van der Waals surface area contributed by atoms with Crippen LogP contribution >= 0.6 is 23.2 Å². The van der Waals surface area contributed by atoms with Crippen molar-refractivity contribution in [2.75, 3.05) is 6.61 Å². The molecule has 2 heterocycles. The first kappa shape index (κ1) is 24.0. The monoisotopic (exact) mass is 510 g/mol. The molecule has 2 aliphatic rings. The van der Waals surface area contributed by atoms with Crippen LogP contribution < -0.4 is 10.1 Å². The van der Waals surface area contributed by atoms with Crippen molar-refractivity contribution in [2.45, 2.75) is 57.1 Å². The predicted octanol–water partition coefficient (Wildman–Crippen LogP) is 8.00. The zero-order chi connectivity index (χ0) is 24.4. The van der Waals surface area contributed by atoms with E-state index in [0.29, 0.717) is 29.0 Å². The molecule has 182 valence electrons. The van der Waals surface area contributed by atoms with Gasteiger partial charge in [0, 0.05) is 33.2 Å². The van der Waals surface area contributed by atoms with Gasteiger partial charge in [-0.25, -0.2) is 9.78 Å². The average molecular weight is 511 g/mol. The molecular weight excluding hydrogens is 483 g/mol. The summed E-state index contributed by atoms with van der Waals surface area (Å²) in [4.78, 5) is 17.6. The van der Waals surface area contributed by atoms with Crippen molar-refractivity contribution in [3.63, 3.8) is 0 Å². The van der Waals surface area contributed by atoms with E-state index in [1.165, 1.54) is 6.42 Å². The van der Waals surface area contributed by atoms with Crippen molar-refractivity contribution in [2.24, 2.45) is 0 Å². The number of benzene rings is 2. The molecule has 2 aromatic carbocycles. The number of carbonyl (C=O) groups is 1. The molecule has 7 heteroatoms. The third-order valence-corrected chi connectivity index (χ3v) is 7.48. The topological polar surface area (TPSA) is 60.5 Å². The zero-order valence-corrected chi connectivity index (χ0v) is 21.2. The zero-order valence-electron chi connectivity index (χ0n) is 19.7. The molecule has 0 saturated heterocycles.